The first-order chi connectivity index (χ1) is 13.3. The zero-order valence-electron chi connectivity index (χ0n) is 15.7. The van der Waals surface area contributed by atoms with E-state index < -0.39 is 15.9 Å². The van der Waals surface area contributed by atoms with Crippen LogP contribution in [0.5, 0.6) is 5.75 Å². The van der Waals surface area contributed by atoms with Crippen molar-refractivity contribution in [1.29, 1.82) is 0 Å². The van der Waals surface area contributed by atoms with E-state index in [1.54, 1.807) is 0 Å². The molecule has 28 heavy (non-hydrogen) atoms. The summed E-state index contributed by atoms with van der Waals surface area (Å²) in [5.41, 5.74) is 4.71. The average Bonchev–Trinajstić information content (AvgIpc) is 2.70. The lowest BCUT2D eigenvalue weighted by Gasteiger charge is -2.12. The number of hydrazine groups is 1. The van der Waals surface area contributed by atoms with E-state index in [9.17, 15) is 18.0 Å². The van der Waals surface area contributed by atoms with Gasteiger partial charge in [0.25, 0.3) is 5.91 Å². The molecule has 0 aromatic heterocycles. The van der Waals surface area contributed by atoms with Crippen LogP contribution in [-0.2, 0) is 14.8 Å². The Morgan fingerprint density at radius 1 is 1.00 bits per heavy atom. The summed E-state index contributed by atoms with van der Waals surface area (Å²) in [4.78, 5) is 24.0. The van der Waals surface area contributed by atoms with E-state index in [-0.39, 0.29) is 22.8 Å². The third kappa shape index (κ3) is 6.07. The molecule has 2 aromatic rings. The van der Waals surface area contributed by atoms with Crippen molar-refractivity contribution < 1.29 is 22.7 Å². The number of hydrogen-bond acceptors (Lipinski definition) is 5. The molecule has 0 spiro atoms. The molecule has 0 bridgehead atoms. The fraction of sp³-hybridized carbons (Fsp3) is 0.263. The maximum absolute atomic E-state index is 12.2. The average molecular weight is 405 g/mol. The van der Waals surface area contributed by atoms with Gasteiger partial charge in [-0.25, -0.2) is 12.7 Å². The first-order valence-corrected chi connectivity index (χ1v) is 10.0. The summed E-state index contributed by atoms with van der Waals surface area (Å²) < 4.78 is 30.8. The van der Waals surface area contributed by atoms with Gasteiger partial charge in [-0.05, 0) is 36.8 Å². The molecule has 0 atom stereocenters. The molecule has 0 aliphatic rings. The van der Waals surface area contributed by atoms with Crippen LogP contribution in [0.2, 0.25) is 0 Å². The van der Waals surface area contributed by atoms with Gasteiger partial charge in [-0.15, -0.1) is 0 Å². The Hall–Kier alpha value is -2.91. The van der Waals surface area contributed by atoms with Crippen LogP contribution in [0, 0.1) is 0 Å². The summed E-state index contributed by atoms with van der Waals surface area (Å²) in [6.45, 7) is 0.371. The summed E-state index contributed by atoms with van der Waals surface area (Å²) >= 11 is 0. The number of sulfonamides is 1. The number of nitrogens with zero attached hydrogens (tertiary/aromatic N) is 1. The van der Waals surface area contributed by atoms with E-state index in [1.807, 2.05) is 30.3 Å². The second-order valence-electron chi connectivity index (χ2n) is 6.08. The monoisotopic (exact) mass is 405 g/mol. The quantitative estimate of drug-likeness (QED) is 0.512. The number of rotatable bonds is 8. The topological polar surface area (TPSA) is 105 Å². The summed E-state index contributed by atoms with van der Waals surface area (Å²) in [7, 11) is -0.837. The minimum Gasteiger partial charge on any atom is -0.494 e. The number of carbonyl (C=O) groups is 2. The Bertz CT molecular complexity index is 914. The number of para-hydroxylation sites is 1. The predicted molar refractivity (Wildman–Crippen MR) is 104 cm³/mol. The molecule has 2 rings (SSSR count). The molecule has 0 aliphatic heterocycles. The van der Waals surface area contributed by atoms with Gasteiger partial charge >= 0.3 is 0 Å². The van der Waals surface area contributed by atoms with Crippen LogP contribution in [0.3, 0.4) is 0 Å². The first kappa shape index (κ1) is 21.4. The Labute approximate surface area is 164 Å². The van der Waals surface area contributed by atoms with Gasteiger partial charge < -0.3 is 4.74 Å². The summed E-state index contributed by atoms with van der Waals surface area (Å²) in [6.07, 6.45) is 0.648. The second-order valence-corrected chi connectivity index (χ2v) is 8.23. The van der Waals surface area contributed by atoms with Gasteiger partial charge in [-0.1, -0.05) is 24.3 Å². The minimum absolute atomic E-state index is 0.00506. The first-order valence-electron chi connectivity index (χ1n) is 8.60. The molecule has 9 heteroatoms. The number of ether oxygens (including phenoxy) is 1. The summed E-state index contributed by atoms with van der Waals surface area (Å²) in [6, 6.07) is 14.8. The molecule has 0 heterocycles. The van der Waals surface area contributed by atoms with Crippen LogP contribution in [0.4, 0.5) is 0 Å². The minimum atomic E-state index is -3.65. The van der Waals surface area contributed by atoms with Gasteiger partial charge in [0.2, 0.25) is 15.9 Å². The van der Waals surface area contributed by atoms with Crippen molar-refractivity contribution in [3.05, 3.63) is 60.2 Å². The van der Waals surface area contributed by atoms with Crippen molar-refractivity contribution in [1.82, 2.24) is 15.2 Å². The molecule has 2 amide bonds. The molecule has 2 N–H and O–H groups in total. The Morgan fingerprint density at radius 3 is 2.39 bits per heavy atom. The maximum atomic E-state index is 12.2. The van der Waals surface area contributed by atoms with Crippen molar-refractivity contribution in [2.24, 2.45) is 0 Å². The normalized spacial score (nSPS) is 11.1. The molecule has 0 aliphatic carbocycles. The van der Waals surface area contributed by atoms with Crippen LogP contribution in [-0.4, -0.2) is 45.2 Å². The number of amides is 2. The molecule has 0 saturated heterocycles. The van der Waals surface area contributed by atoms with Crippen molar-refractivity contribution in [2.75, 3.05) is 20.7 Å². The fourth-order valence-electron chi connectivity index (χ4n) is 2.21. The highest BCUT2D eigenvalue weighted by Crippen LogP contribution is 2.14. The second kappa shape index (κ2) is 9.86. The van der Waals surface area contributed by atoms with E-state index in [2.05, 4.69) is 10.9 Å². The molecular formula is C19H23N3O5S. The maximum Gasteiger partial charge on any atom is 0.269 e. The number of carbonyl (C=O) groups excluding carboxylic acids is 2. The molecule has 0 radical (unpaired) electrons. The highest BCUT2D eigenvalue weighted by Gasteiger charge is 2.18. The van der Waals surface area contributed by atoms with E-state index in [1.165, 1.54) is 38.4 Å². The van der Waals surface area contributed by atoms with Crippen LogP contribution in [0.1, 0.15) is 23.2 Å². The van der Waals surface area contributed by atoms with Gasteiger partial charge in [0.1, 0.15) is 5.75 Å². The Kier molecular flexibility index (Phi) is 7.53. The van der Waals surface area contributed by atoms with E-state index in [0.29, 0.717) is 13.0 Å². The zero-order valence-corrected chi connectivity index (χ0v) is 16.5. The molecule has 150 valence electrons. The van der Waals surface area contributed by atoms with Crippen LogP contribution >= 0.6 is 0 Å². The lowest BCUT2D eigenvalue weighted by atomic mass is 10.2. The highest BCUT2D eigenvalue weighted by molar-refractivity contribution is 7.89. The van der Waals surface area contributed by atoms with Crippen LogP contribution in [0.25, 0.3) is 0 Å². The third-order valence-corrected chi connectivity index (χ3v) is 5.56. The molecule has 0 unspecified atom stereocenters. The number of benzene rings is 2. The van der Waals surface area contributed by atoms with Crippen LogP contribution in [0.15, 0.2) is 59.5 Å². The highest BCUT2D eigenvalue weighted by atomic mass is 32.2. The van der Waals surface area contributed by atoms with Gasteiger partial charge in [-0.3, -0.25) is 20.4 Å². The zero-order chi connectivity index (χ0) is 20.6. The molecule has 0 fully saturated rings. The Balaban J connectivity index is 1.79. The molecule has 0 saturated carbocycles. The van der Waals surface area contributed by atoms with Crippen LogP contribution < -0.4 is 15.6 Å². The largest absolute Gasteiger partial charge is 0.494 e. The van der Waals surface area contributed by atoms with Crippen molar-refractivity contribution >= 4 is 21.8 Å². The van der Waals surface area contributed by atoms with Crippen molar-refractivity contribution in [3.63, 3.8) is 0 Å². The van der Waals surface area contributed by atoms with Crippen molar-refractivity contribution in [3.8, 4) is 5.75 Å². The van der Waals surface area contributed by atoms with Gasteiger partial charge in [0.05, 0.1) is 11.5 Å². The van der Waals surface area contributed by atoms with E-state index in [4.69, 9.17) is 4.74 Å². The number of nitrogens with one attached hydrogen (secondary N) is 2. The fourth-order valence-corrected chi connectivity index (χ4v) is 3.16. The van der Waals surface area contributed by atoms with Gasteiger partial charge in [0.15, 0.2) is 0 Å². The SMILES string of the molecule is CN(C)S(=O)(=O)c1cccc(C(=O)NNC(=O)CCCOc2ccccc2)c1. The van der Waals surface area contributed by atoms with E-state index in [0.717, 1.165) is 10.1 Å². The summed E-state index contributed by atoms with van der Waals surface area (Å²) in [5.74, 6) is -0.254. The molecular weight excluding hydrogens is 382 g/mol. The molecule has 2 aromatic carbocycles. The standard InChI is InChI=1S/C19H23N3O5S/c1-22(2)28(25,26)17-11-6-8-15(14-17)19(24)21-20-18(23)12-7-13-27-16-9-4-3-5-10-16/h3-6,8-11,14H,7,12-13H2,1-2H3,(H,20,23)(H,21,24). The smallest absolute Gasteiger partial charge is 0.269 e. The summed E-state index contributed by atoms with van der Waals surface area (Å²) in [5, 5.41) is 0. The lowest BCUT2D eigenvalue weighted by Crippen LogP contribution is -2.41. The third-order valence-electron chi connectivity index (χ3n) is 3.75. The molecule has 8 nitrogen and oxygen atoms in total. The lowest BCUT2D eigenvalue weighted by molar-refractivity contribution is -0.122. The predicted octanol–water partition coefficient (Wildman–Crippen LogP) is 1.56. The Morgan fingerprint density at radius 2 is 1.71 bits per heavy atom. The van der Waals surface area contributed by atoms with Gasteiger partial charge in [-0.2, -0.15) is 0 Å². The van der Waals surface area contributed by atoms with Gasteiger partial charge in [0, 0.05) is 26.1 Å². The van der Waals surface area contributed by atoms with Crippen molar-refractivity contribution in [2.45, 2.75) is 17.7 Å². The van der Waals surface area contributed by atoms with E-state index >= 15 is 0 Å². The number of hydrogen-bond donors (Lipinski definition) is 2.